The van der Waals surface area contributed by atoms with E-state index in [0.717, 1.165) is 28.8 Å². The van der Waals surface area contributed by atoms with Crippen molar-refractivity contribution in [3.05, 3.63) is 93.0 Å². The van der Waals surface area contributed by atoms with E-state index < -0.39 is 9.84 Å². The van der Waals surface area contributed by atoms with Gasteiger partial charge in [-0.15, -0.1) is 5.10 Å². The number of nitrogens with zero attached hydrogens (tertiary/aromatic N) is 5. The molecule has 3 aromatic heterocycles. The molecule has 0 radical (unpaired) electrons. The van der Waals surface area contributed by atoms with Crippen molar-refractivity contribution in [2.75, 3.05) is 17.6 Å². The highest BCUT2D eigenvalue weighted by molar-refractivity contribution is 7.91. The van der Waals surface area contributed by atoms with Crippen LogP contribution in [0.2, 0.25) is 10.2 Å². The monoisotopic (exact) mass is 605 g/mol. The Labute approximate surface area is 243 Å². The molecule has 0 amide bonds. The average Bonchev–Trinajstić information content (AvgIpc) is 3.24. The van der Waals surface area contributed by atoms with Crippen molar-refractivity contribution in [3.8, 4) is 28.1 Å². The molecule has 1 fully saturated rings. The summed E-state index contributed by atoms with van der Waals surface area (Å²) in [6.07, 6.45) is 4.26. The van der Waals surface area contributed by atoms with Crippen LogP contribution in [-0.2, 0) is 9.84 Å². The van der Waals surface area contributed by atoms with E-state index in [2.05, 4.69) is 25.6 Å². The van der Waals surface area contributed by atoms with E-state index in [9.17, 15) is 13.2 Å². The predicted molar refractivity (Wildman–Crippen MR) is 155 cm³/mol. The smallest absolute Gasteiger partial charge is 0.252 e. The van der Waals surface area contributed by atoms with Crippen molar-refractivity contribution in [3.63, 3.8) is 0 Å². The maximum atomic E-state index is 13.7. The normalized spacial score (nSPS) is 21.6. The molecule has 1 saturated carbocycles. The number of H-pyrrole nitrogens is 1. The van der Waals surface area contributed by atoms with Crippen LogP contribution in [0.15, 0.2) is 70.6 Å². The first-order chi connectivity index (χ1) is 19.8. The minimum Gasteiger partial charge on any atom is -0.383 e. The number of halogens is 2. The van der Waals surface area contributed by atoms with Gasteiger partial charge >= 0.3 is 0 Å². The minimum atomic E-state index is -3.34. The van der Waals surface area contributed by atoms with Crippen LogP contribution in [0, 0.1) is 5.92 Å². The van der Waals surface area contributed by atoms with Gasteiger partial charge in [-0.2, -0.15) is 0 Å². The Morgan fingerprint density at radius 1 is 1.02 bits per heavy atom. The lowest BCUT2D eigenvalue weighted by molar-refractivity contribution is 0.515. The second-order valence-electron chi connectivity index (χ2n) is 10.6. The van der Waals surface area contributed by atoms with Crippen LogP contribution in [0.1, 0.15) is 29.9 Å². The number of hydrogen-bond acceptors (Lipinski definition) is 7. The lowest BCUT2D eigenvalue weighted by Crippen LogP contribution is -2.26. The molecule has 5 heterocycles. The fraction of sp³-hybridized carbons (Fsp3) is 0.214. The summed E-state index contributed by atoms with van der Waals surface area (Å²) in [6, 6.07) is 14.1. The number of anilines is 1. The number of fused-ring (bicyclic) bond motifs is 4. The molecule has 1 aliphatic carbocycles. The first-order valence-corrected chi connectivity index (χ1v) is 15.5. The van der Waals surface area contributed by atoms with Gasteiger partial charge in [0.05, 0.1) is 46.2 Å². The van der Waals surface area contributed by atoms with Gasteiger partial charge < -0.3 is 14.9 Å². The Morgan fingerprint density at radius 3 is 2.73 bits per heavy atom. The molecule has 13 heteroatoms. The third kappa shape index (κ3) is 3.94. The molecule has 5 aromatic rings. The molecule has 2 aromatic carbocycles. The highest BCUT2D eigenvalue weighted by Gasteiger charge is 2.54. The summed E-state index contributed by atoms with van der Waals surface area (Å²) in [5.74, 6) is 1.23. The molecule has 8 rings (SSSR count). The van der Waals surface area contributed by atoms with Crippen LogP contribution >= 0.6 is 23.2 Å². The zero-order chi connectivity index (χ0) is 28.0. The second kappa shape index (κ2) is 8.78. The number of rotatable bonds is 4. The zero-order valence-corrected chi connectivity index (χ0v) is 23.6. The van der Waals surface area contributed by atoms with Crippen LogP contribution in [0.25, 0.3) is 28.1 Å². The van der Waals surface area contributed by atoms with Crippen LogP contribution in [0.5, 0.6) is 0 Å². The van der Waals surface area contributed by atoms with Gasteiger partial charge in [0.25, 0.3) is 5.56 Å². The highest BCUT2D eigenvalue weighted by Crippen LogP contribution is 2.60. The molecular weight excluding hydrogens is 585 g/mol. The number of imidazole rings is 1. The van der Waals surface area contributed by atoms with E-state index in [-0.39, 0.29) is 34.3 Å². The number of benzene rings is 2. The summed E-state index contributed by atoms with van der Waals surface area (Å²) in [7, 11) is -3.34. The summed E-state index contributed by atoms with van der Waals surface area (Å²) in [5, 5.41) is 11.9. The van der Waals surface area contributed by atoms with Gasteiger partial charge in [-0.05, 0) is 54.3 Å². The second-order valence-corrected chi connectivity index (χ2v) is 13.5. The molecule has 2 N–H and O–H groups in total. The summed E-state index contributed by atoms with van der Waals surface area (Å²) in [5.41, 5.74) is 5.05. The molecule has 2 aliphatic heterocycles. The Balaban J connectivity index is 1.18. The maximum absolute atomic E-state index is 13.7. The molecule has 0 spiro atoms. The number of hydrogen-bond donors (Lipinski definition) is 2. The largest absolute Gasteiger partial charge is 0.383 e. The van der Waals surface area contributed by atoms with Gasteiger partial charge in [0.15, 0.2) is 15.0 Å². The first-order valence-electron chi connectivity index (χ1n) is 13.1. The fourth-order valence-electron chi connectivity index (χ4n) is 6.22. The van der Waals surface area contributed by atoms with Crippen LogP contribution < -0.4 is 10.9 Å². The van der Waals surface area contributed by atoms with Crippen LogP contribution in [0.3, 0.4) is 0 Å². The number of sulfone groups is 1. The molecule has 206 valence electrons. The molecule has 0 saturated heterocycles. The van der Waals surface area contributed by atoms with Gasteiger partial charge in [0.2, 0.25) is 0 Å². The summed E-state index contributed by atoms with van der Waals surface area (Å²) >= 11 is 12.4. The lowest BCUT2D eigenvalue weighted by atomic mass is 10.0. The Bertz CT molecular complexity index is 2070. The fourth-order valence-corrected chi connectivity index (χ4v) is 7.89. The summed E-state index contributed by atoms with van der Waals surface area (Å²) in [4.78, 5) is 22.0. The van der Waals surface area contributed by atoms with Gasteiger partial charge in [0, 0.05) is 40.4 Å². The van der Waals surface area contributed by atoms with Crippen molar-refractivity contribution < 1.29 is 8.42 Å². The third-order valence-corrected chi connectivity index (χ3v) is 10.3. The molecule has 3 atom stereocenters. The number of aromatic nitrogens is 6. The molecule has 10 nitrogen and oxygen atoms in total. The van der Waals surface area contributed by atoms with Gasteiger partial charge in [-0.3, -0.25) is 4.79 Å². The van der Waals surface area contributed by atoms with Gasteiger partial charge in [-0.25, -0.2) is 18.1 Å². The topological polar surface area (TPSA) is 128 Å². The predicted octanol–water partition coefficient (Wildman–Crippen LogP) is 4.70. The van der Waals surface area contributed by atoms with Crippen LogP contribution in [-0.4, -0.2) is 50.2 Å². The van der Waals surface area contributed by atoms with E-state index in [1.54, 1.807) is 41.3 Å². The lowest BCUT2D eigenvalue weighted by Gasteiger charge is -2.19. The van der Waals surface area contributed by atoms with Gasteiger partial charge in [-0.1, -0.05) is 34.5 Å². The maximum Gasteiger partial charge on any atom is 0.252 e. The average molecular weight is 606 g/mol. The van der Waals surface area contributed by atoms with E-state index in [0.29, 0.717) is 39.4 Å². The first kappa shape index (κ1) is 24.8. The summed E-state index contributed by atoms with van der Waals surface area (Å²) < 4.78 is 28.6. The van der Waals surface area contributed by atoms with Crippen LogP contribution in [0.4, 0.5) is 5.69 Å². The van der Waals surface area contributed by atoms with Gasteiger partial charge in [0.1, 0.15) is 5.82 Å². The van der Waals surface area contributed by atoms with E-state index in [1.165, 1.54) is 0 Å². The number of aromatic amines is 1. The zero-order valence-electron chi connectivity index (χ0n) is 21.3. The van der Waals surface area contributed by atoms with Crippen molar-refractivity contribution in [1.29, 1.82) is 0 Å². The Morgan fingerprint density at radius 2 is 1.90 bits per heavy atom. The molecule has 0 bridgehead atoms. The molecular formula is C28H21Cl2N7O3S. The molecule has 3 aliphatic rings. The van der Waals surface area contributed by atoms with E-state index in [1.807, 2.05) is 28.8 Å². The molecule has 0 unspecified atom stereocenters. The van der Waals surface area contributed by atoms with Crippen molar-refractivity contribution >= 4 is 38.7 Å². The number of nitrogens with one attached hydrogen (secondary N) is 2. The van der Waals surface area contributed by atoms with E-state index >= 15 is 0 Å². The van der Waals surface area contributed by atoms with E-state index in [4.69, 9.17) is 23.2 Å². The number of pyridine rings is 1. The quantitative estimate of drug-likeness (QED) is 0.304. The Hall–Kier alpha value is -3.93. The Kier molecular flexibility index (Phi) is 5.32. The SMILES string of the molecule is O=c1cc(-c2cc(Cl)ccc2-n2cc(Cl)nn2)cc2n1[C@H](c1ncc(-c3ccc4c(c3)S(=O)(=O)CCN4)[nH]1)[C@H]1C[C@@H]21. The minimum absolute atomic E-state index is 0.0633. The van der Waals surface area contributed by atoms with Crippen molar-refractivity contribution in [2.24, 2.45) is 5.92 Å². The summed E-state index contributed by atoms with van der Waals surface area (Å²) in [6.45, 7) is 0.399. The standard InChI is InChI=1S/C28H21Cl2N7O3S/c29-16-2-4-22(36-13-25(30)34-35-36)17(10-16)15-7-23-18-11-19(18)27(37(23)26(38)9-15)28-32-12-21(33-28)14-1-3-20-24(8-14)41(39,40)6-5-31-20/h1-4,7-10,12-13,18-19,27,31H,5-6,11H2,(H,32,33)/t18-,19+,27+/m1/s1. The van der Waals surface area contributed by atoms with Crippen molar-refractivity contribution in [1.82, 2.24) is 29.5 Å². The highest BCUT2D eigenvalue weighted by atomic mass is 35.5. The molecule has 41 heavy (non-hydrogen) atoms. The van der Waals surface area contributed by atoms with Crippen molar-refractivity contribution in [2.45, 2.75) is 23.3 Å². The third-order valence-electron chi connectivity index (χ3n) is 8.17.